The van der Waals surface area contributed by atoms with E-state index in [9.17, 15) is 23.3 Å². The van der Waals surface area contributed by atoms with Crippen LogP contribution in [0.25, 0.3) is 0 Å². The molecule has 1 aromatic rings. The van der Waals surface area contributed by atoms with Crippen LogP contribution in [0.3, 0.4) is 0 Å². The second-order valence-corrected chi connectivity index (χ2v) is 7.91. The monoisotopic (exact) mass is 417 g/mol. The molecule has 1 heterocycles. The summed E-state index contributed by atoms with van der Waals surface area (Å²) in [5, 5.41) is 10.7. The molecule has 28 heavy (non-hydrogen) atoms. The van der Waals surface area contributed by atoms with Crippen LogP contribution in [0.5, 0.6) is 0 Å². The minimum atomic E-state index is -3.67. The van der Waals surface area contributed by atoms with Crippen molar-refractivity contribution >= 4 is 21.9 Å². The maximum Gasteiger partial charge on any atom is 0.410 e. The number of nitro benzene ring substituents is 1. The number of hydrogen-bond donors (Lipinski definition) is 1. The van der Waals surface area contributed by atoms with Gasteiger partial charge in [0.15, 0.2) is 0 Å². The van der Waals surface area contributed by atoms with Crippen molar-refractivity contribution in [3.63, 3.8) is 0 Å². The van der Waals surface area contributed by atoms with Crippen molar-refractivity contribution in [2.75, 3.05) is 32.6 Å². The van der Waals surface area contributed by atoms with Gasteiger partial charge in [-0.2, -0.15) is 8.42 Å². The van der Waals surface area contributed by atoms with Gasteiger partial charge >= 0.3 is 6.09 Å². The molecule has 0 aliphatic carbocycles. The Kier molecular flexibility index (Phi) is 7.69. The smallest absolute Gasteiger partial charge is 0.410 e. The maximum atomic E-state index is 12.5. The summed E-state index contributed by atoms with van der Waals surface area (Å²) in [6.45, 7) is 0.762. The zero-order valence-corrected chi connectivity index (χ0v) is 16.2. The summed E-state index contributed by atoms with van der Waals surface area (Å²) in [4.78, 5) is 24.0. The van der Waals surface area contributed by atoms with Crippen LogP contribution < -0.4 is 5.73 Å². The number of nitrogens with zero attached hydrogens (tertiary/aromatic N) is 2. The van der Waals surface area contributed by atoms with E-state index in [4.69, 9.17) is 19.4 Å². The van der Waals surface area contributed by atoms with Gasteiger partial charge in [0.2, 0.25) is 0 Å². The molecule has 0 spiro atoms. The third-order valence-corrected chi connectivity index (χ3v) is 4.63. The first-order chi connectivity index (χ1) is 13.2. The number of ether oxygens (including phenoxy) is 2. The van der Waals surface area contributed by atoms with Crippen LogP contribution in [-0.2, 0) is 30.4 Å². The molecule has 156 valence electrons. The van der Waals surface area contributed by atoms with Gasteiger partial charge < -0.3 is 20.1 Å². The van der Waals surface area contributed by atoms with E-state index in [1.807, 2.05) is 0 Å². The quantitative estimate of drug-likeness (QED) is 0.264. The SMILES string of the molecule is CS(=O)(=O)O[C@@H]1C[C@@H](COCCN)N(C(=O)OCc2ccc([N+](=O)[O-])cc2)C1. The Morgan fingerprint density at radius 2 is 2.04 bits per heavy atom. The topological polar surface area (TPSA) is 151 Å². The summed E-state index contributed by atoms with van der Waals surface area (Å²) in [5.41, 5.74) is 5.90. The Morgan fingerprint density at radius 3 is 2.61 bits per heavy atom. The number of benzene rings is 1. The maximum absolute atomic E-state index is 12.5. The molecular weight excluding hydrogens is 394 g/mol. The lowest BCUT2D eigenvalue weighted by Gasteiger charge is -2.23. The molecule has 1 aromatic carbocycles. The lowest BCUT2D eigenvalue weighted by atomic mass is 10.2. The minimum Gasteiger partial charge on any atom is -0.445 e. The van der Waals surface area contributed by atoms with Crippen LogP contribution in [0.2, 0.25) is 0 Å². The van der Waals surface area contributed by atoms with E-state index < -0.39 is 33.3 Å². The van der Waals surface area contributed by atoms with Crippen LogP contribution in [0.4, 0.5) is 10.5 Å². The van der Waals surface area contributed by atoms with Crippen LogP contribution in [-0.4, -0.2) is 69.0 Å². The number of carbonyl (C=O) groups is 1. The molecule has 0 radical (unpaired) electrons. The fourth-order valence-electron chi connectivity index (χ4n) is 2.82. The van der Waals surface area contributed by atoms with E-state index in [1.54, 1.807) is 0 Å². The molecular formula is C16H23N3O8S. The highest BCUT2D eigenvalue weighted by atomic mass is 32.2. The summed E-state index contributed by atoms with van der Waals surface area (Å²) in [6.07, 6.45) is -0.111. The third-order valence-electron chi connectivity index (χ3n) is 4.00. The lowest BCUT2D eigenvalue weighted by Crippen LogP contribution is -2.39. The fourth-order valence-corrected chi connectivity index (χ4v) is 3.45. The standard InChI is InChI=1S/C16H23N3O8S/c1-28(23,24)27-15-8-14(11-25-7-6-17)18(9-15)16(20)26-10-12-2-4-13(5-3-12)19(21)22/h2-5,14-15H,6-11,17H2,1H3/t14-,15+/m0/s1. The molecule has 11 nitrogen and oxygen atoms in total. The van der Waals surface area contributed by atoms with E-state index in [-0.39, 0.29) is 31.9 Å². The van der Waals surface area contributed by atoms with Crippen molar-refractivity contribution in [3.8, 4) is 0 Å². The number of nitro groups is 1. The first-order valence-corrected chi connectivity index (χ1v) is 10.3. The summed E-state index contributed by atoms with van der Waals surface area (Å²) < 4.78 is 38.4. The first kappa shape index (κ1) is 22.0. The average Bonchev–Trinajstić information content (AvgIpc) is 3.01. The highest BCUT2D eigenvalue weighted by Gasteiger charge is 2.38. The van der Waals surface area contributed by atoms with Crippen molar-refractivity contribution in [1.29, 1.82) is 0 Å². The largest absolute Gasteiger partial charge is 0.445 e. The highest BCUT2D eigenvalue weighted by Crippen LogP contribution is 2.23. The molecule has 1 saturated heterocycles. The highest BCUT2D eigenvalue weighted by molar-refractivity contribution is 7.86. The van der Waals surface area contributed by atoms with Gasteiger partial charge in [0.05, 0.1) is 43.1 Å². The van der Waals surface area contributed by atoms with Crippen molar-refractivity contribution < 1.29 is 31.8 Å². The van der Waals surface area contributed by atoms with Gasteiger partial charge in [-0.15, -0.1) is 0 Å². The molecule has 2 atom stereocenters. The summed E-state index contributed by atoms with van der Waals surface area (Å²) in [5.74, 6) is 0. The molecule has 1 fully saturated rings. The predicted octanol–water partition coefficient (Wildman–Crippen LogP) is 0.626. The van der Waals surface area contributed by atoms with Crippen LogP contribution >= 0.6 is 0 Å². The number of nitrogens with two attached hydrogens (primary N) is 1. The Balaban J connectivity index is 1.97. The van der Waals surface area contributed by atoms with Gasteiger partial charge in [-0.25, -0.2) is 4.79 Å². The summed E-state index contributed by atoms with van der Waals surface area (Å²) in [6, 6.07) is 5.21. The predicted molar refractivity (Wildman–Crippen MR) is 98.0 cm³/mol. The van der Waals surface area contributed by atoms with E-state index in [0.29, 0.717) is 18.7 Å². The Morgan fingerprint density at radius 1 is 1.36 bits per heavy atom. The molecule has 0 saturated carbocycles. The average molecular weight is 417 g/mol. The van der Waals surface area contributed by atoms with Gasteiger partial charge in [0.1, 0.15) is 6.61 Å². The van der Waals surface area contributed by atoms with E-state index in [0.717, 1.165) is 6.26 Å². The number of amides is 1. The van der Waals surface area contributed by atoms with Crippen LogP contribution in [0, 0.1) is 10.1 Å². The van der Waals surface area contributed by atoms with Gasteiger partial charge in [-0.05, 0) is 24.1 Å². The molecule has 1 amide bonds. The fraction of sp³-hybridized carbons (Fsp3) is 0.562. The Bertz CT molecular complexity index is 784. The Labute approximate surface area is 162 Å². The lowest BCUT2D eigenvalue weighted by molar-refractivity contribution is -0.384. The number of hydrogen-bond acceptors (Lipinski definition) is 9. The zero-order chi connectivity index (χ0) is 20.7. The minimum absolute atomic E-state index is 0.0445. The van der Waals surface area contributed by atoms with Crippen LogP contribution in [0.15, 0.2) is 24.3 Å². The van der Waals surface area contributed by atoms with Crippen molar-refractivity contribution in [2.24, 2.45) is 5.73 Å². The number of non-ortho nitro benzene ring substituents is 1. The van der Waals surface area contributed by atoms with Crippen molar-refractivity contribution in [2.45, 2.75) is 25.2 Å². The molecule has 2 rings (SSSR count). The number of likely N-dealkylation sites (tertiary alicyclic amines) is 1. The van der Waals surface area contributed by atoms with Gasteiger partial charge in [0, 0.05) is 18.7 Å². The summed E-state index contributed by atoms with van der Waals surface area (Å²) >= 11 is 0. The molecule has 12 heteroatoms. The van der Waals surface area contributed by atoms with Gasteiger partial charge in [0.25, 0.3) is 15.8 Å². The molecule has 0 aromatic heterocycles. The number of carbonyl (C=O) groups excluding carboxylic acids is 1. The number of rotatable bonds is 9. The second-order valence-electron chi connectivity index (χ2n) is 6.31. The van der Waals surface area contributed by atoms with Gasteiger partial charge in [-0.1, -0.05) is 0 Å². The van der Waals surface area contributed by atoms with E-state index in [2.05, 4.69) is 0 Å². The second kappa shape index (κ2) is 9.78. The van der Waals surface area contributed by atoms with Crippen molar-refractivity contribution in [1.82, 2.24) is 4.90 Å². The zero-order valence-electron chi connectivity index (χ0n) is 15.4. The van der Waals surface area contributed by atoms with Crippen LogP contribution in [0.1, 0.15) is 12.0 Å². The molecule has 2 N–H and O–H groups in total. The Hall–Kier alpha value is -2.28. The molecule has 1 aliphatic rings. The van der Waals surface area contributed by atoms with Crippen molar-refractivity contribution in [3.05, 3.63) is 39.9 Å². The third kappa shape index (κ3) is 6.71. The van der Waals surface area contributed by atoms with E-state index >= 15 is 0 Å². The summed E-state index contributed by atoms with van der Waals surface area (Å²) in [7, 11) is -3.67. The molecule has 0 unspecified atom stereocenters. The molecule has 0 bridgehead atoms. The van der Waals surface area contributed by atoms with E-state index in [1.165, 1.54) is 29.2 Å². The molecule has 1 aliphatic heterocycles. The van der Waals surface area contributed by atoms with Gasteiger partial charge in [-0.3, -0.25) is 14.3 Å². The first-order valence-electron chi connectivity index (χ1n) is 8.52. The normalized spacial score (nSPS) is 19.6.